The van der Waals surface area contributed by atoms with E-state index in [4.69, 9.17) is 4.99 Å². The zero-order valence-corrected chi connectivity index (χ0v) is 20.8. The Morgan fingerprint density at radius 1 is 1.35 bits per heavy atom. The molecule has 2 unspecified atom stereocenters. The van der Waals surface area contributed by atoms with Crippen molar-refractivity contribution in [2.24, 2.45) is 12.0 Å². The van der Waals surface area contributed by atoms with E-state index in [1.165, 1.54) is 12.1 Å². The molecule has 0 bridgehead atoms. The number of benzene rings is 1. The number of hydrogen-bond donors (Lipinski definition) is 2. The fraction of sp³-hybridized carbons (Fsp3) is 0.524. The molecule has 172 valence electrons. The fourth-order valence-electron chi connectivity index (χ4n) is 3.70. The van der Waals surface area contributed by atoms with Gasteiger partial charge in [-0.05, 0) is 39.6 Å². The van der Waals surface area contributed by atoms with Gasteiger partial charge in [0.1, 0.15) is 11.6 Å². The summed E-state index contributed by atoms with van der Waals surface area (Å²) in [6.45, 7) is 4.68. The van der Waals surface area contributed by atoms with Crippen LogP contribution in [0.5, 0.6) is 0 Å². The van der Waals surface area contributed by atoms with Crippen LogP contribution < -0.4 is 15.5 Å². The van der Waals surface area contributed by atoms with Crippen molar-refractivity contribution in [2.45, 2.75) is 25.4 Å². The van der Waals surface area contributed by atoms with Gasteiger partial charge >= 0.3 is 0 Å². The van der Waals surface area contributed by atoms with E-state index in [0.717, 1.165) is 30.6 Å². The lowest BCUT2D eigenvalue weighted by Crippen LogP contribution is -2.45. The molecule has 0 spiro atoms. The van der Waals surface area contributed by atoms with E-state index in [2.05, 4.69) is 20.6 Å². The molecule has 31 heavy (non-hydrogen) atoms. The van der Waals surface area contributed by atoms with Gasteiger partial charge in [0.2, 0.25) is 0 Å². The number of anilines is 1. The average Bonchev–Trinajstić information content (AvgIpc) is 3.31. The third-order valence-corrected chi connectivity index (χ3v) is 5.28. The van der Waals surface area contributed by atoms with Gasteiger partial charge < -0.3 is 20.4 Å². The molecule has 0 aliphatic carbocycles. The maximum absolute atomic E-state index is 14.1. The molecule has 0 radical (unpaired) electrons. The minimum Gasteiger partial charge on any atom is -0.367 e. The molecular formula is C21H32F2IN7. The molecule has 2 N–H and O–H groups in total. The number of nitrogens with one attached hydrogen (secondary N) is 2. The van der Waals surface area contributed by atoms with Gasteiger partial charge in [-0.1, -0.05) is 0 Å². The summed E-state index contributed by atoms with van der Waals surface area (Å²) in [6, 6.07) is 3.97. The first kappa shape index (κ1) is 25.3. The van der Waals surface area contributed by atoms with E-state index in [1.54, 1.807) is 4.68 Å². The van der Waals surface area contributed by atoms with E-state index in [0.29, 0.717) is 25.3 Å². The summed E-state index contributed by atoms with van der Waals surface area (Å²) in [5.41, 5.74) is 1.55. The molecule has 2 atom stereocenters. The first-order chi connectivity index (χ1) is 14.4. The minimum absolute atomic E-state index is 0. The first-order valence-corrected chi connectivity index (χ1v) is 10.3. The van der Waals surface area contributed by atoms with Crippen molar-refractivity contribution in [1.82, 2.24) is 25.3 Å². The number of hydrogen-bond acceptors (Lipinski definition) is 4. The Bertz CT molecular complexity index is 871. The van der Waals surface area contributed by atoms with Gasteiger partial charge in [-0.2, -0.15) is 5.10 Å². The second-order valence-corrected chi connectivity index (χ2v) is 7.82. The van der Waals surface area contributed by atoms with Crippen LogP contribution in [-0.2, 0) is 7.05 Å². The molecule has 3 rings (SSSR count). The minimum atomic E-state index is -0.559. The van der Waals surface area contributed by atoms with Crippen LogP contribution in [0.15, 0.2) is 35.6 Å². The van der Waals surface area contributed by atoms with Crippen LogP contribution >= 0.6 is 24.0 Å². The normalized spacial score (nSPS) is 17.6. The van der Waals surface area contributed by atoms with Gasteiger partial charge in [0.25, 0.3) is 0 Å². The van der Waals surface area contributed by atoms with Crippen LogP contribution in [-0.4, -0.2) is 67.0 Å². The lowest BCUT2D eigenvalue weighted by atomic mass is 10.1. The van der Waals surface area contributed by atoms with E-state index >= 15 is 0 Å². The van der Waals surface area contributed by atoms with Gasteiger partial charge in [0, 0.05) is 50.6 Å². The summed E-state index contributed by atoms with van der Waals surface area (Å²) < 4.78 is 29.1. The molecule has 1 saturated heterocycles. The summed E-state index contributed by atoms with van der Waals surface area (Å²) in [4.78, 5) is 8.85. The Labute approximate surface area is 199 Å². The lowest BCUT2D eigenvalue weighted by molar-refractivity contribution is 0.306. The van der Waals surface area contributed by atoms with E-state index in [1.807, 2.05) is 45.4 Å². The monoisotopic (exact) mass is 547 g/mol. The Morgan fingerprint density at radius 3 is 2.74 bits per heavy atom. The van der Waals surface area contributed by atoms with E-state index in [-0.39, 0.29) is 36.1 Å². The highest BCUT2D eigenvalue weighted by Gasteiger charge is 2.25. The molecule has 0 saturated carbocycles. The SMILES string of the molecule is CCNC(=NCC(c1cnn(C)c1)N(C)C)NC1CCN(c2ccc(F)cc2F)C1.I. The lowest BCUT2D eigenvalue weighted by Gasteiger charge is -2.23. The van der Waals surface area contributed by atoms with Crippen molar-refractivity contribution in [2.75, 3.05) is 45.2 Å². The molecule has 7 nitrogen and oxygen atoms in total. The van der Waals surface area contributed by atoms with Crippen molar-refractivity contribution < 1.29 is 8.78 Å². The second kappa shape index (κ2) is 11.6. The molecule has 1 aromatic carbocycles. The first-order valence-electron chi connectivity index (χ1n) is 10.3. The number of guanidine groups is 1. The van der Waals surface area contributed by atoms with E-state index in [9.17, 15) is 8.78 Å². The number of aryl methyl sites for hydroxylation is 1. The zero-order valence-electron chi connectivity index (χ0n) is 18.5. The maximum Gasteiger partial charge on any atom is 0.191 e. The largest absolute Gasteiger partial charge is 0.367 e. The van der Waals surface area contributed by atoms with Crippen LogP contribution in [0.1, 0.15) is 24.9 Å². The Morgan fingerprint density at radius 2 is 2.13 bits per heavy atom. The highest BCUT2D eigenvalue weighted by atomic mass is 127. The maximum atomic E-state index is 14.1. The third kappa shape index (κ3) is 6.76. The van der Waals surface area contributed by atoms with Crippen LogP contribution in [0.3, 0.4) is 0 Å². The molecular weight excluding hydrogens is 515 g/mol. The Balaban J connectivity index is 0.00000341. The summed E-state index contributed by atoms with van der Waals surface area (Å²) in [5, 5.41) is 11.0. The summed E-state index contributed by atoms with van der Waals surface area (Å²) in [5.74, 6) is -0.350. The fourth-order valence-corrected chi connectivity index (χ4v) is 3.70. The van der Waals surface area contributed by atoms with Crippen LogP contribution in [0, 0.1) is 11.6 Å². The molecule has 0 amide bonds. The zero-order chi connectivity index (χ0) is 21.7. The summed E-state index contributed by atoms with van der Waals surface area (Å²) in [7, 11) is 5.96. The molecule has 2 aromatic rings. The van der Waals surface area contributed by atoms with Gasteiger partial charge in [0.15, 0.2) is 5.96 Å². The third-order valence-electron chi connectivity index (χ3n) is 5.28. The van der Waals surface area contributed by atoms with Gasteiger partial charge in [-0.15, -0.1) is 24.0 Å². The highest BCUT2D eigenvalue weighted by Crippen LogP contribution is 2.24. The number of rotatable bonds is 7. The number of likely N-dealkylation sites (N-methyl/N-ethyl adjacent to an activating group) is 1. The van der Waals surface area contributed by atoms with Crippen molar-refractivity contribution in [1.29, 1.82) is 0 Å². The average molecular weight is 547 g/mol. The van der Waals surface area contributed by atoms with Crippen molar-refractivity contribution in [3.05, 3.63) is 47.8 Å². The van der Waals surface area contributed by atoms with Crippen LogP contribution in [0.4, 0.5) is 14.5 Å². The molecule has 1 fully saturated rings. The number of nitrogens with zero attached hydrogens (tertiary/aromatic N) is 5. The van der Waals surface area contributed by atoms with Gasteiger partial charge in [0.05, 0.1) is 24.5 Å². The molecule has 1 aromatic heterocycles. The second-order valence-electron chi connectivity index (χ2n) is 7.82. The smallest absolute Gasteiger partial charge is 0.191 e. The van der Waals surface area contributed by atoms with Gasteiger partial charge in [-0.3, -0.25) is 9.67 Å². The number of aromatic nitrogens is 2. The molecule has 10 heteroatoms. The number of aliphatic imine (C=N–C) groups is 1. The Kier molecular flexibility index (Phi) is 9.48. The summed E-state index contributed by atoms with van der Waals surface area (Å²) >= 11 is 0. The van der Waals surface area contributed by atoms with Crippen molar-refractivity contribution in [3.63, 3.8) is 0 Å². The summed E-state index contributed by atoms with van der Waals surface area (Å²) in [6.07, 6.45) is 4.72. The predicted octanol–water partition coefficient (Wildman–Crippen LogP) is 2.75. The quantitative estimate of drug-likeness (QED) is 0.317. The standard InChI is InChI=1S/C21H31F2N7.HI/c1-5-24-21(25-12-20(28(2)3)15-11-26-29(4)13-15)27-17-8-9-30(14-17)19-7-6-16(22)10-18(19)23;/h6-7,10-11,13,17,20H,5,8-9,12,14H2,1-4H3,(H2,24,25,27);1H. The highest BCUT2D eigenvalue weighted by molar-refractivity contribution is 14.0. The predicted molar refractivity (Wildman–Crippen MR) is 131 cm³/mol. The van der Waals surface area contributed by atoms with Crippen LogP contribution in [0.2, 0.25) is 0 Å². The molecule has 2 heterocycles. The van der Waals surface area contributed by atoms with Gasteiger partial charge in [-0.25, -0.2) is 8.78 Å². The van der Waals surface area contributed by atoms with Crippen molar-refractivity contribution in [3.8, 4) is 0 Å². The van der Waals surface area contributed by atoms with Crippen molar-refractivity contribution >= 4 is 35.6 Å². The Hall–Kier alpha value is -1.95. The molecule has 1 aliphatic heterocycles. The number of halogens is 3. The molecule has 1 aliphatic rings. The van der Waals surface area contributed by atoms with E-state index < -0.39 is 11.6 Å². The topological polar surface area (TPSA) is 60.7 Å². The van der Waals surface area contributed by atoms with Crippen LogP contribution in [0.25, 0.3) is 0 Å².